The van der Waals surface area contributed by atoms with Gasteiger partial charge in [-0.3, -0.25) is 4.79 Å². The van der Waals surface area contributed by atoms with Crippen LogP contribution in [0.4, 0.5) is 0 Å². The van der Waals surface area contributed by atoms with Crippen molar-refractivity contribution in [3.63, 3.8) is 0 Å². The number of aromatic nitrogens is 1. The molecular weight excluding hydrogens is 326 g/mol. The van der Waals surface area contributed by atoms with Crippen molar-refractivity contribution in [2.75, 3.05) is 0 Å². The minimum Gasteiger partial charge on any atom is -0.463 e. The Labute approximate surface area is 150 Å². The zero-order valence-corrected chi connectivity index (χ0v) is 14.2. The predicted molar refractivity (Wildman–Crippen MR) is 102 cm³/mol. The average Bonchev–Trinajstić information content (AvgIpc) is 3.29. The van der Waals surface area contributed by atoms with Gasteiger partial charge in [-0.05, 0) is 23.8 Å². The number of fused-ring (bicyclic) bond motifs is 1. The standard InChI is InChI=1S/C21H17N3O2/c1-24-18-12-6-5-11-17(18)19(15-8-3-2-4-9-15)20(24)21(25)23-22-14-16-10-7-13-26-16/h2-14H,1H3,(H,23,25). The lowest BCUT2D eigenvalue weighted by Crippen LogP contribution is -2.21. The summed E-state index contributed by atoms with van der Waals surface area (Å²) in [6, 6.07) is 21.4. The van der Waals surface area contributed by atoms with Gasteiger partial charge in [0.25, 0.3) is 5.91 Å². The maximum Gasteiger partial charge on any atom is 0.288 e. The van der Waals surface area contributed by atoms with E-state index in [-0.39, 0.29) is 5.91 Å². The molecule has 2 heterocycles. The fraction of sp³-hybridized carbons (Fsp3) is 0.0476. The molecule has 4 rings (SSSR count). The number of nitrogens with zero attached hydrogens (tertiary/aromatic N) is 2. The SMILES string of the molecule is Cn1c(C(=O)NN=Cc2ccco2)c(-c2ccccc2)c2ccccc21. The Morgan fingerprint density at radius 2 is 1.81 bits per heavy atom. The molecule has 2 aromatic carbocycles. The first-order chi connectivity index (χ1) is 12.8. The molecule has 0 unspecified atom stereocenters. The van der Waals surface area contributed by atoms with Crippen LogP contribution in [0.1, 0.15) is 16.2 Å². The molecule has 0 atom stereocenters. The number of benzene rings is 2. The second-order valence-electron chi connectivity index (χ2n) is 5.88. The summed E-state index contributed by atoms with van der Waals surface area (Å²) in [6.45, 7) is 0. The van der Waals surface area contributed by atoms with Gasteiger partial charge in [-0.2, -0.15) is 5.10 Å². The maximum atomic E-state index is 12.9. The Balaban J connectivity index is 1.78. The highest BCUT2D eigenvalue weighted by molar-refractivity contribution is 6.10. The average molecular weight is 343 g/mol. The molecule has 0 radical (unpaired) electrons. The van der Waals surface area contributed by atoms with Crippen molar-refractivity contribution in [2.24, 2.45) is 12.1 Å². The number of amides is 1. The van der Waals surface area contributed by atoms with Crippen LogP contribution in [0.2, 0.25) is 0 Å². The first kappa shape index (κ1) is 15.9. The van der Waals surface area contributed by atoms with Gasteiger partial charge in [0, 0.05) is 23.5 Å². The van der Waals surface area contributed by atoms with E-state index in [0.29, 0.717) is 11.5 Å². The van der Waals surface area contributed by atoms with Gasteiger partial charge in [0.05, 0.1) is 12.5 Å². The van der Waals surface area contributed by atoms with Crippen LogP contribution in [0.15, 0.2) is 82.5 Å². The van der Waals surface area contributed by atoms with Gasteiger partial charge >= 0.3 is 0 Å². The summed E-state index contributed by atoms with van der Waals surface area (Å²) in [5, 5.41) is 5.03. The fourth-order valence-corrected chi connectivity index (χ4v) is 3.13. The molecule has 5 nitrogen and oxygen atoms in total. The van der Waals surface area contributed by atoms with Crippen LogP contribution in [0.25, 0.3) is 22.0 Å². The van der Waals surface area contributed by atoms with E-state index in [1.165, 1.54) is 6.21 Å². The molecule has 2 aromatic heterocycles. The van der Waals surface area contributed by atoms with Gasteiger partial charge in [0.1, 0.15) is 11.5 Å². The molecule has 1 amide bonds. The van der Waals surface area contributed by atoms with Crippen molar-refractivity contribution >= 4 is 23.0 Å². The minimum atomic E-state index is -0.273. The third kappa shape index (κ3) is 2.80. The predicted octanol–water partition coefficient (Wildman–Crippen LogP) is 4.20. The lowest BCUT2D eigenvalue weighted by molar-refractivity contribution is 0.0948. The molecule has 1 N–H and O–H groups in total. The van der Waals surface area contributed by atoms with Gasteiger partial charge < -0.3 is 8.98 Å². The normalized spacial score (nSPS) is 11.3. The number of para-hydroxylation sites is 1. The Morgan fingerprint density at radius 3 is 2.58 bits per heavy atom. The summed E-state index contributed by atoms with van der Waals surface area (Å²) in [4.78, 5) is 12.9. The van der Waals surface area contributed by atoms with Crippen LogP contribution in [0, 0.1) is 0 Å². The molecule has 0 saturated carbocycles. The number of aryl methyl sites for hydroxylation is 1. The molecule has 26 heavy (non-hydrogen) atoms. The van der Waals surface area contributed by atoms with E-state index in [2.05, 4.69) is 10.5 Å². The molecule has 0 aliphatic heterocycles. The topological polar surface area (TPSA) is 59.5 Å². The third-order valence-corrected chi connectivity index (χ3v) is 4.29. The van der Waals surface area contributed by atoms with E-state index in [1.54, 1.807) is 18.4 Å². The van der Waals surface area contributed by atoms with Crippen LogP contribution in [0.3, 0.4) is 0 Å². The maximum absolute atomic E-state index is 12.9. The molecule has 0 fully saturated rings. The molecule has 0 aliphatic carbocycles. The second kappa shape index (κ2) is 6.72. The first-order valence-electron chi connectivity index (χ1n) is 8.25. The van der Waals surface area contributed by atoms with Crippen molar-refractivity contribution in [1.82, 2.24) is 9.99 Å². The number of carbonyl (C=O) groups excluding carboxylic acids is 1. The van der Waals surface area contributed by atoms with E-state index in [0.717, 1.165) is 22.0 Å². The van der Waals surface area contributed by atoms with Crippen molar-refractivity contribution in [3.8, 4) is 11.1 Å². The van der Waals surface area contributed by atoms with Crippen molar-refractivity contribution in [3.05, 3.63) is 84.4 Å². The molecule has 0 spiro atoms. The Hall–Kier alpha value is -3.60. The van der Waals surface area contributed by atoms with Crippen LogP contribution >= 0.6 is 0 Å². The van der Waals surface area contributed by atoms with Gasteiger partial charge in [-0.1, -0.05) is 48.5 Å². The zero-order chi connectivity index (χ0) is 17.9. The van der Waals surface area contributed by atoms with Gasteiger partial charge in [0.2, 0.25) is 0 Å². The summed E-state index contributed by atoms with van der Waals surface area (Å²) in [5.41, 5.74) is 6.04. The number of hydrogen-bond acceptors (Lipinski definition) is 3. The highest BCUT2D eigenvalue weighted by atomic mass is 16.3. The van der Waals surface area contributed by atoms with Gasteiger partial charge in [-0.25, -0.2) is 5.43 Å². The Bertz CT molecular complexity index is 1080. The number of hydrogen-bond donors (Lipinski definition) is 1. The smallest absolute Gasteiger partial charge is 0.288 e. The molecule has 5 heteroatoms. The third-order valence-electron chi connectivity index (χ3n) is 4.29. The van der Waals surface area contributed by atoms with E-state index in [9.17, 15) is 4.79 Å². The van der Waals surface area contributed by atoms with Crippen LogP contribution in [-0.4, -0.2) is 16.7 Å². The van der Waals surface area contributed by atoms with Crippen LogP contribution in [0.5, 0.6) is 0 Å². The number of nitrogens with one attached hydrogen (secondary N) is 1. The summed E-state index contributed by atoms with van der Waals surface area (Å²) < 4.78 is 7.08. The largest absolute Gasteiger partial charge is 0.463 e. The van der Waals surface area contributed by atoms with E-state index >= 15 is 0 Å². The summed E-state index contributed by atoms with van der Waals surface area (Å²) in [7, 11) is 1.89. The summed E-state index contributed by atoms with van der Waals surface area (Å²) >= 11 is 0. The van der Waals surface area contributed by atoms with E-state index in [1.807, 2.05) is 66.2 Å². The molecule has 128 valence electrons. The highest BCUT2D eigenvalue weighted by Gasteiger charge is 2.21. The zero-order valence-electron chi connectivity index (χ0n) is 14.2. The number of rotatable bonds is 4. The highest BCUT2D eigenvalue weighted by Crippen LogP contribution is 2.34. The monoisotopic (exact) mass is 343 g/mol. The van der Waals surface area contributed by atoms with Gasteiger partial charge in [-0.15, -0.1) is 0 Å². The molecular formula is C21H17N3O2. The lowest BCUT2D eigenvalue weighted by Gasteiger charge is -2.06. The number of carbonyl (C=O) groups is 1. The molecule has 0 bridgehead atoms. The molecule has 4 aromatic rings. The second-order valence-corrected chi connectivity index (χ2v) is 5.88. The molecule has 0 saturated heterocycles. The van der Waals surface area contributed by atoms with E-state index < -0.39 is 0 Å². The van der Waals surface area contributed by atoms with Gasteiger partial charge in [0.15, 0.2) is 0 Å². The minimum absolute atomic E-state index is 0.273. The fourth-order valence-electron chi connectivity index (χ4n) is 3.13. The Morgan fingerprint density at radius 1 is 1.04 bits per heavy atom. The first-order valence-corrected chi connectivity index (χ1v) is 8.25. The van der Waals surface area contributed by atoms with Crippen molar-refractivity contribution in [2.45, 2.75) is 0 Å². The van der Waals surface area contributed by atoms with Crippen LogP contribution < -0.4 is 5.43 Å². The van der Waals surface area contributed by atoms with E-state index in [4.69, 9.17) is 4.42 Å². The van der Waals surface area contributed by atoms with Crippen molar-refractivity contribution < 1.29 is 9.21 Å². The Kier molecular flexibility index (Phi) is 4.11. The lowest BCUT2D eigenvalue weighted by atomic mass is 10.0. The van der Waals surface area contributed by atoms with Crippen LogP contribution in [-0.2, 0) is 7.05 Å². The number of furan rings is 1. The van der Waals surface area contributed by atoms with Crippen molar-refractivity contribution in [1.29, 1.82) is 0 Å². The molecule has 0 aliphatic rings. The number of hydrazone groups is 1. The summed E-state index contributed by atoms with van der Waals surface area (Å²) in [6.07, 6.45) is 3.03. The summed E-state index contributed by atoms with van der Waals surface area (Å²) in [5.74, 6) is 0.302. The quantitative estimate of drug-likeness (QED) is 0.446.